The number of thioether (sulfide) groups is 2. The Hall–Kier alpha value is -2.21. The minimum absolute atomic E-state index is 0.0762. The number of carbonyl (C=O) groups is 2. The van der Waals surface area contributed by atoms with Crippen molar-refractivity contribution >= 4 is 63.3 Å². The molecule has 2 amide bonds. The highest BCUT2D eigenvalue weighted by Gasteiger charge is 2.48. The van der Waals surface area contributed by atoms with Gasteiger partial charge >= 0.3 is 0 Å². The van der Waals surface area contributed by atoms with E-state index in [9.17, 15) is 18.4 Å². The Morgan fingerprint density at radius 2 is 2.06 bits per heavy atom. The molecule has 11 heteroatoms. The lowest BCUT2D eigenvalue weighted by molar-refractivity contribution is -0.122. The Kier molecular flexibility index (Phi) is 6.47. The molecule has 2 aromatic carbocycles. The highest BCUT2D eigenvalue weighted by Crippen LogP contribution is 2.38. The fraction of sp³-hybridized carbons (Fsp3) is 0.250. The van der Waals surface area contributed by atoms with Crippen molar-refractivity contribution < 1.29 is 18.4 Å². The first-order valence-corrected chi connectivity index (χ1v) is 11.7. The summed E-state index contributed by atoms with van der Waals surface area (Å²) in [4.78, 5) is 26.8. The van der Waals surface area contributed by atoms with E-state index in [1.54, 1.807) is 0 Å². The van der Waals surface area contributed by atoms with Crippen LogP contribution in [0.15, 0.2) is 42.5 Å². The summed E-state index contributed by atoms with van der Waals surface area (Å²) >= 11 is 7.98. The fourth-order valence-corrected chi connectivity index (χ4v) is 5.75. The molecule has 2 fully saturated rings. The summed E-state index contributed by atoms with van der Waals surface area (Å²) in [7, 11) is 0. The number of benzene rings is 2. The van der Waals surface area contributed by atoms with E-state index in [1.165, 1.54) is 11.8 Å². The Morgan fingerprint density at radius 1 is 1.29 bits per heavy atom. The van der Waals surface area contributed by atoms with Gasteiger partial charge in [-0.25, -0.2) is 8.78 Å². The summed E-state index contributed by atoms with van der Waals surface area (Å²) in [6.07, 6.45) is -0.367. The van der Waals surface area contributed by atoms with Crippen molar-refractivity contribution in [1.82, 2.24) is 10.6 Å². The average Bonchev–Trinajstić information content (AvgIpc) is 3.06. The first kappa shape index (κ1) is 22.0. The van der Waals surface area contributed by atoms with Crippen LogP contribution in [0.25, 0.3) is 0 Å². The van der Waals surface area contributed by atoms with E-state index in [2.05, 4.69) is 16.0 Å². The normalized spacial score (nSPS) is 22.8. The number of hydrogen-bond donors (Lipinski definition) is 3. The van der Waals surface area contributed by atoms with Crippen LogP contribution >= 0.6 is 35.7 Å². The highest BCUT2D eigenvalue weighted by molar-refractivity contribution is 8.24. The number of rotatable bonds is 5. The number of hydrogen-bond acceptors (Lipinski definition) is 6. The van der Waals surface area contributed by atoms with Gasteiger partial charge in [0.2, 0.25) is 11.8 Å². The molecule has 0 saturated carbocycles. The fourth-order valence-electron chi connectivity index (χ4n) is 3.36. The van der Waals surface area contributed by atoms with Crippen LogP contribution in [-0.2, 0) is 9.59 Å². The summed E-state index contributed by atoms with van der Waals surface area (Å²) in [5.74, 6) is -2.14. The summed E-state index contributed by atoms with van der Waals surface area (Å²) < 4.78 is 27.6. The molecule has 0 bridgehead atoms. The topological polar surface area (TPSA) is 73.5 Å². The monoisotopic (exact) mass is 480 g/mol. The molecule has 2 aliphatic heterocycles. The number of amides is 2. The van der Waals surface area contributed by atoms with Crippen LogP contribution in [0.5, 0.6) is 0 Å². The lowest BCUT2D eigenvalue weighted by Gasteiger charge is -2.37. The largest absolute Gasteiger partial charge is 0.331 e. The molecule has 0 aromatic heterocycles. The van der Waals surface area contributed by atoms with Gasteiger partial charge in [-0.05, 0) is 30.7 Å². The molecular weight excluding hydrogens is 462 g/mol. The first-order valence-electron chi connectivity index (χ1n) is 9.32. The molecule has 2 saturated heterocycles. The second-order valence-electron chi connectivity index (χ2n) is 6.94. The standard InChI is InChI=1S/C20H18F2N4O2S3/c1-10-4-2-3-5-14(10)26-17-16(31-20(26)29)18(28)25-19(24-17)30-9-15(27)23-13-8-11(21)6-7-12(13)22/h2-8,16-17,19,24H,9H2,1H3,(H,23,27)(H,25,28). The van der Waals surface area contributed by atoms with Crippen LogP contribution < -0.4 is 20.9 Å². The minimum atomic E-state index is -0.725. The number of nitrogens with one attached hydrogen (secondary N) is 3. The molecule has 162 valence electrons. The van der Waals surface area contributed by atoms with Crippen LogP contribution in [0.3, 0.4) is 0 Å². The van der Waals surface area contributed by atoms with Gasteiger partial charge in [-0.1, -0.05) is 42.2 Å². The van der Waals surface area contributed by atoms with Gasteiger partial charge in [0.1, 0.15) is 32.9 Å². The van der Waals surface area contributed by atoms with Crippen LogP contribution in [0, 0.1) is 18.6 Å². The van der Waals surface area contributed by atoms with Gasteiger partial charge in [0.15, 0.2) is 0 Å². The van der Waals surface area contributed by atoms with E-state index in [-0.39, 0.29) is 23.5 Å². The first-order chi connectivity index (χ1) is 14.8. The van der Waals surface area contributed by atoms with E-state index < -0.39 is 28.3 Å². The van der Waals surface area contributed by atoms with Crippen molar-refractivity contribution in [2.45, 2.75) is 23.8 Å². The predicted octanol–water partition coefficient (Wildman–Crippen LogP) is 3.18. The zero-order chi connectivity index (χ0) is 22.1. The maximum Gasteiger partial charge on any atom is 0.238 e. The van der Waals surface area contributed by atoms with Gasteiger partial charge < -0.3 is 15.5 Å². The molecule has 2 heterocycles. The van der Waals surface area contributed by atoms with Crippen LogP contribution in [-0.4, -0.2) is 38.8 Å². The molecule has 2 aliphatic rings. The Labute approximate surface area is 191 Å². The number of halogens is 2. The molecule has 3 atom stereocenters. The highest BCUT2D eigenvalue weighted by atomic mass is 32.2. The molecule has 0 radical (unpaired) electrons. The van der Waals surface area contributed by atoms with Crippen molar-refractivity contribution in [3.63, 3.8) is 0 Å². The number of nitrogens with zero attached hydrogens (tertiary/aromatic N) is 1. The lowest BCUT2D eigenvalue weighted by atomic mass is 10.1. The van der Waals surface area contributed by atoms with Gasteiger partial charge in [0.05, 0.1) is 11.4 Å². The summed E-state index contributed by atoms with van der Waals surface area (Å²) in [6.45, 7) is 1.97. The molecule has 3 N–H and O–H groups in total. The molecule has 4 rings (SSSR count). The smallest absolute Gasteiger partial charge is 0.238 e. The Balaban J connectivity index is 1.42. The Bertz CT molecular complexity index is 1050. The lowest BCUT2D eigenvalue weighted by Crippen LogP contribution is -2.64. The van der Waals surface area contributed by atoms with Gasteiger partial charge in [-0.15, -0.1) is 11.8 Å². The SMILES string of the molecule is Cc1ccccc1N1C(=S)SC2C(=O)NC(SCC(=O)Nc3cc(F)ccc3F)NC21. The van der Waals surface area contributed by atoms with Gasteiger partial charge in [0.25, 0.3) is 0 Å². The molecule has 3 unspecified atom stereocenters. The van der Waals surface area contributed by atoms with Crippen molar-refractivity contribution in [1.29, 1.82) is 0 Å². The van der Waals surface area contributed by atoms with E-state index in [4.69, 9.17) is 12.2 Å². The van der Waals surface area contributed by atoms with Crippen LogP contribution in [0.2, 0.25) is 0 Å². The summed E-state index contributed by atoms with van der Waals surface area (Å²) in [5.41, 5.74) is 1.16. The summed E-state index contributed by atoms with van der Waals surface area (Å²) in [5, 5.41) is 8.08. The number of thiocarbonyl (C=S) groups is 1. The zero-order valence-corrected chi connectivity index (χ0v) is 18.7. The third-order valence-corrected chi connectivity index (χ3v) is 7.43. The van der Waals surface area contributed by atoms with Gasteiger partial charge in [-0.3, -0.25) is 14.9 Å². The second-order valence-corrected chi connectivity index (χ2v) is 9.81. The van der Waals surface area contributed by atoms with Gasteiger partial charge in [0, 0.05) is 11.8 Å². The third-order valence-electron chi connectivity index (χ3n) is 4.80. The number of para-hydroxylation sites is 1. The van der Waals surface area contributed by atoms with Gasteiger partial charge in [-0.2, -0.15) is 0 Å². The van der Waals surface area contributed by atoms with E-state index in [0.717, 1.165) is 41.2 Å². The van der Waals surface area contributed by atoms with Crippen LogP contribution in [0.4, 0.5) is 20.2 Å². The van der Waals surface area contributed by atoms with Crippen molar-refractivity contribution in [2.75, 3.05) is 16.0 Å². The second kappa shape index (κ2) is 9.11. The third kappa shape index (κ3) is 4.69. The average molecular weight is 481 g/mol. The maximum absolute atomic E-state index is 13.7. The molecule has 6 nitrogen and oxygen atoms in total. The minimum Gasteiger partial charge on any atom is -0.331 e. The molecule has 0 aliphatic carbocycles. The van der Waals surface area contributed by atoms with E-state index >= 15 is 0 Å². The summed E-state index contributed by atoms with van der Waals surface area (Å²) in [6, 6.07) is 10.6. The van der Waals surface area contributed by atoms with E-state index in [0.29, 0.717) is 4.32 Å². The molecule has 2 aromatic rings. The van der Waals surface area contributed by atoms with Crippen molar-refractivity contribution in [3.05, 3.63) is 59.7 Å². The molecule has 0 spiro atoms. The van der Waals surface area contributed by atoms with Crippen molar-refractivity contribution in [2.24, 2.45) is 0 Å². The quantitative estimate of drug-likeness (QED) is 0.568. The zero-order valence-electron chi connectivity index (χ0n) is 16.2. The number of fused-ring (bicyclic) bond motifs is 1. The van der Waals surface area contributed by atoms with Crippen LogP contribution in [0.1, 0.15) is 5.56 Å². The number of carbonyl (C=O) groups excluding carboxylic acids is 2. The molecular formula is C20H18F2N4O2S3. The predicted molar refractivity (Wildman–Crippen MR) is 124 cm³/mol. The number of anilines is 2. The van der Waals surface area contributed by atoms with Crippen molar-refractivity contribution in [3.8, 4) is 0 Å². The molecule has 31 heavy (non-hydrogen) atoms. The Morgan fingerprint density at radius 3 is 2.84 bits per heavy atom. The number of aryl methyl sites for hydroxylation is 1. The van der Waals surface area contributed by atoms with E-state index in [1.807, 2.05) is 36.1 Å². The maximum atomic E-state index is 13.7.